The second-order valence-electron chi connectivity index (χ2n) is 5.67. The van der Waals surface area contributed by atoms with Gasteiger partial charge in [-0.25, -0.2) is 9.18 Å². The molecule has 1 aliphatic heterocycles. The lowest BCUT2D eigenvalue weighted by molar-refractivity contribution is -0.137. The summed E-state index contributed by atoms with van der Waals surface area (Å²) in [5.41, 5.74) is 0.499. The highest BCUT2D eigenvalue weighted by Crippen LogP contribution is 2.36. The summed E-state index contributed by atoms with van der Waals surface area (Å²) in [4.78, 5) is 13.8. The fourth-order valence-electron chi connectivity index (χ4n) is 2.76. The molecule has 0 atom stereocenters. The number of nitrogens with zero attached hydrogens (tertiary/aromatic N) is 1. The molecular formula is C17H13ClF4N2O. The molecule has 1 aliphatic rings. The predicted molar refractivity (Wildman–Crippen MR) is 86.0 cm³/mol. The van der Waals surface area contributed by atoms with Crippen molar-refractivity contribution in [1.29, 1.82) is 0 Å². The third-order valence-electron chi connectivity index (χ3n) is 4.02. The number of hydrogen-bond donors (Lipinski definition) is 1. The minimum absolute atomic E-state index is 0.160. The summed E-state index contributed by atoms with van der Waals surface area (Å²) in [6, 6.07) is 7.23. The van der Waals surface area contributed by atoms with Crippen molar-refractivity contribution in [3.8, 4) is 0 Å². The molecule has 2 aromatic rings. The second-order valence-corrected chi connectivity index (χ2v) is 6.08. The van der Waals surface area contributed by atoms with Crippen LogP contribution in [0.15, 0.2) is 36.4 Å². The monoisotopic (exact) mass is 372 g/mol. The molecule has 25 heavy (non-hydrogen) atoms. The van der Waals surface area contributed by atoms with Crippen molar-refractivity contribution >= 4 is 23.3 Å². The van der Waals surface area contributed by atoms with Gasteiger partial charge in [-0.15, -0.1) is 0 Å². The van der Waals surface area contributed by atoms with Gasteiger partial charge in [0, 0.05) is 18.8 Å². The van der Waals surface area contributed by atoms with Crippen LogP contribution >= 0.6 is 11.6 Å². The highest BCUT2D eigenvalue weighted by molar-refractivity contribution is 6.31. The van der Waals surface area contributed by atoms with E-state index in [1.54, 1.807) is 12.1 Å². The Balaban J connectivity index is 1.72. The maximum absolute atomic E-state index is 13.7. The fourth-order valence-corrected chi connectivity index (χ4v) is 3.05. The molecule has 0 saturated carbocycles. The molecule has 0 radical (unpaired) electrons. The van der Waals surface area contributed by atoms with Gasteiger partial charge in [0.2, 0.25) is 0 Å². The molecule has 3 nitrogen and oxygen atoms in total. The molecule has 0 aromatic heterocycles. The Hall–Kier alpha value is -2.28. The molecule has 2 aromatic carbocycles. The number of carbonyl (C=O) groups excluding carboxylic acids is 1. The molecule has 0 spiro atoms. The summed E-state index contributed by atoms with van der Waals surface area (Å²) in [5, 5.41) is 2.03. The van der Waals surface area contributed by atoms with Crippen molar-refractivity contribution in [3.63, 3.8) is 0 Å². The van der Waals surface area contributed by atoms with Crippen LogP contribution in [0.3, 0.4) is 0 Å². The molecule has 0 bridgehead atoms. The SMILES string of the molecule is O=C(Nc1ccc(C(F)(F)F)c(Cl)c1)N1CCc2c(F)cccc2C1. The van der Waals surface area contributed by atoms with Crippen LogP contribution in [0.4, 0.5) is 28.0 Å². The van der Waals surface area contributed by atoms with Crippen molar-refractivity contribution in [1.82, 2.24) is 4.90 Å². The number of hydrogen-bond acceptors (Lipinski definition) is 1. The Kier molecular flexibility index (Phi) is 4.60. The first kappa shape index (κ1) is 17.5. The van der Waals surface area contributed by atoms with E-state index < -0.39 is 22.8 Å². The highest BCUT2D eigenvalue weighted by Gasteiger charge is 2.33. The van der Waals surface area contributed by atoms with Crippen molar-refractivity contribution in [2.45, 2.75) is 19.1 Å². The van der Waals surface area contributed by atoms with E-state index in [4.69, 9.17) is 11.6 Å². The normalized spacial score (nSPS) is 14.2. The van der Waals surface area contributed by atoms with Crippen LogP contribution in [0.5, 0.6) is 0 Å². The first-order valence-corrected chi connectivity index (χ1v) is 7.82. The minimum Gasteiger partial charge on any atom is -0.320 e. The number of fused-ring (bicyclic) bond motifs is 1. The number of halogens is 5. The number of alkyl halides is 3. The lowest BCUT2D eigenvalue weighted by atomic mass is 9.99. The van der Waals surface area contributed by atoms with Crippen LogP contribution in [0.1, 0.15) is 16.7 Å². The van der Waals surface area contributed by atoms with Gasteiger partial charge < -0.3 is 10.2 Å². The molecule has 1 heterocycles. The van der Waals surface area contributed by atoms with Crippen LogP contribution < -0.4 is 5.32 Å². The molecule has 3 rings (SSSR count). The Morgan fingerprint density at radius 1 is 1.20 bits per heavy atom. The van der Waals surface area contributed by atoms with E-state index >= 15 is 0 Å². The van der Waals surface area contributed by atoms with E-state index in [0.29, 0.717) is 24.1 Å². The van der Waals surface area contributed by atoms with Gasteiger partial charge in [-0.2, -0.15) is 13.2 Å². The largest absolute Gasteiger partial charge is 0.417 e. The number of carbonyl (C=O) groups is 1. The minimum atomic E-state index is -4.56. The first-order chi connectivity index (χ1) is 11.8. The van der Waals surface area contributed by atoms with Gasteiger partial charge >= 0.3 is 12.2 Å². The third-order valence-corrected chi connectivity index (χ3v) is 4.33. The van der Waals surface area contributed by atoms with Gasteiger partial charge in [-0.3, -0.25) is 0 Å². The van der Waals surface area contributed by atoms with Crippen LogP contribution in [-0.4, -0.2) is 17.5 Å². The maximum atomic E-state index is 13.7. The molecule has 8 heteroatoms. The van der Waals surface area contributed by atoms with Gasteiger partial charge in [0.05, 0.1) is 10.6 Å². The Bertz CT molecular complexity index is 823. The number of anilines is 1. The molecule has 132 valence electrons. The summed E-state index contributed by atoms with van der Waals surface area (Å²) >= 11 is 5.64. The molecule has 0 fully saturated rings. The second kappa shape index (κ2) is 6.55. The van der Waals surface area contributed by atoms with Crippen molar-refractivity contribution in [2.75, 3.05) is 11.9 Å². The summed E-state index contributed by atoms with van der Waals surface area (Å²) in [5.74, 6) is -0.299. The number of amides is 2. The van der Waals surface area contributed by atoms with Gasteiger partial charge in [0.25, 0.3) is 0 Å². The Morgan fingerprint density at radius 3 is 2.64 bits per heavy atom. The smallest absolute Gasteiger partial charge is 0.320 e. The van der Waals surface area contributed by atoms with E-state index in [-0.39, 0.29) is 18.0 Å². The average molecular weight is 373 g/mol. The van der Waals surface area contributed by atoms with Crippen LogP contribution in [0.25, 0.3) is 0 Å². The Morgan fingerprint density at radius 2 is 1.96 bits per heavy atom. The summed E-state index contributed by atoms with van der Waals surface area (Å²) in [6.07, 6.45) is -4.18. The summed E-state index contributed by atoms with van der Waals surface area (Å²) in [7, 11) is 0. The molecule has 0 aliphatic carbocycles. The van der Waals surface area contributed by atoms with Crippen molar-refractivity contribution in [3.05, 3.63) is 63.9 Å². The van der Waals surface area contributed by atoms with E-state index in [1.165, 1.54) is 11.0 Å². The van der Waals surface area contributed by atoms with Crippen LogP contribution in [0.2, 0.25) is 5.02 Å². The fraction of sp³-hybridized carbons (Fsp3) is 0.235. The average Bonchev–Trinajstić information content (AvgIpc) is 2.53. The van der Waals surface area contributed by atoms with Crippen molar-refractivity contribution in [2.24, 2.45) is 0 Å². The van der Waals surface area contributed by atoms with Gasteiger partial charge in [-0.05, 0) is 41.8 Å². The highest BCUT2D eigenvalue weighted by atomic mass is 35.5. The van der Waals surface area contributed by atoms with Gasteiger partial charge in [-0.1, -0.05) is 23.7 Å². The zero-order valence-electron chi connectivity index (χ0n) is 12.8. The van der Waals surface area contributed by atoms with Crippen LogP contribution in [0, 0.1) is 5.82 Å². The number of rotatable bonds is 1. The Labute approximate surface area is 146 Å². The molecule has 0 saturated heterocycles. The summed E-state index contributed by atoms with van der Waals surface area (Å²) in [6.45, 7) is 0.543. The summed E-state index contributed by atoms with van der Waals surface area (Å²) < 4.78 is 51.8. The standard InChI is InChI=1S/C17H13ClF4N2O/c18-14-8-11(4-5-13(14)17(20,21)22)23-16(25)24-7-6-12-10(9-24)2-1-3-15(12)19/h1-5,8H,6-7,9H2,(H,23,25). The lowest BCUT2D eigenvalue weighted by Gasteiger charge is -2.29. The van der Waals surface area contributed by atoms with E-state index in [9.17, 15) is 22.4 Å². The zero-order valence-corrected chi connectivity index (χ0v) is 13.6. The van der Waals surface area contributed by atoms with E-state index in [1.807, 2.05) is 0 Å². The third kappa shape index (κ3) is 3.71. The predicted octanol–water partition coefficient (Wildman–Crippen LogP) is 5.09. The molecule has 1 N–H and O–H groups in total. The topological polar surface area (TPSA) is 32.3 Å². The first-order valence-electron chi connectivity index (χ1n) is 7.44. The maximum Gasteiger partial charge on any atom is 0.417 e. The lowest BCUT2D eigenvalue weighted by Crippen LogP contribution is -2.39. The molecule has 0 unspecified atom stereocenters. The van der Waals surface area contributed by atoms with Gasteiger partial charge in [0.1, 0.15) is 5.82 Å². The van der Waals surface area contributed by atoms with Crippen LogP contribution in [-0.2, 0) is 19.1 Å². The number of urea groups is 1. The molecular weight excluding hydrogens is 360 g/mol. The van der Waals surface area contributed by atoms with Crippen molar-refractivity contribution < 1.29 is 22.4 Å². The van der Waals surface area contributed by atoms with Gasteiger partial charge in [0.15, 0.2) is 0 Å². The number of benzene rings is 2. The number of nitrogens with one attached hydrogen (secondary N) is 1. The quantitative estimate of drug-likeness (QED) is 0.695. The molecule has 2 amide bonds. The van der Waals surface area contributed by atoms with E-state index in [2.05, 4.69) is 5.32 Å². The van der Waals surface area contributed by atoms with E-state index in [0.717, 1.165) is 18.2 Å². The zero-order chi connectivity index (χ0) is 18.2.